The number of rotatable bonds is 4. The highest BCUT2D eigenvalue weighted by Gasteiger charge is 2.30. The second kappa shape index (κ2) is 6.85. The van der Waals surface area contributed by atoms with Crippen LogP contribution in [0, 0.1) is 0 Å². The maximum Gasteiger partial charge on any atom is 0.268 e. The monoisotopic (exact) mass is 355 g/mol. The number of aromatic nitrogens is 1. The molecule has 1 amide bonds. The maximum atomic E-state index is 12.6. The summed E-state index contributed by atoms with van der Waals surface area (Å²) >= 11 is 0. The van der Waals surface area contributed by atoms with Crippen LogP contribution in [-0.4, -0.2) is 53.5 Å². The van der Waals surface area contributed by atoms with Crippen molar-refractivity contribution in [2.75, 3.05) is 13.1 Å². The molecule has 8 heteroatoms. The van der Waals surface area contributed by atoms with Crippen LogP contribution in [0.5, 0.6) is 0 Å². The number of aryl methyl sites for hydroxylation is 1. The van der Waals surface area contributed by atoms with Crippen molar-refractivity contribution in [2.45, 2.75) is 55.6 Å². The van der Waals surface area contributed by atoms with E-state index in [1.54, 1.807) is 11.6 Å². The van der Waals surface area contributed by atoms with Crippen molar-refractivity contribution in [3.63, 3.8) is 0 Å². The minimum Gasteiger partial charge on any atom is -0.393 e. The Labute approximate surface area is 142 Å². The van der Waals surface area contributed by atoms with Gasteiger partial charge >= 0.3 is 0 Å². The summed E-state index contributed by atoms with van der Waals surface area (Å²) < 4.78 is 28.2. The van der Waals surface area contributed by atoms with Gasteiger partial charge in [-0.05, 0) is 44.6 Å². The molecule has 3 rings (SSSR count). The molecule has 0 radical (unpaired) electrons. The van der Waals surface area contributed by atoms with Gasteiger partial charge in [0.1, 0.15) is 10.6 Å². The highest BCUT2D eigenvalue weighted by molar-refractivity contribution is 7.89. The fourth-order valence-corrected chi connectivity index (χ4v) is 5.05. The van der Waals surface area contributed by atoms with Gasteiger partial charge in [0.15, 0.2) is 0 Å². The predicted molar refractivity (Wildman–Crippen MR) is 89.1 cm³/mol. The van der Waals surface area contributed by atoms with Crippen LogP contribution in [0.1, 0.15) is 49.0 Å². The molecule has 1 aliphatic heterocycles. The third kappa shape index (κ3) is 3.50. The maximum absolute atomic E-state index is 12.6. The number of nitrogens with zero attached hydrogens (tertiary/aromatic N) is 2. The Hall–Kier alpha value is -1.38. The number of amides is 1. The summed E-state index contributed by atoms with van der Waals surface area (Å²) in [5.74, 6) is -0.262. The molecule has 0 atom stereocenters. The molecule has 1 aliphatic carbocycles. The SMILES string of the molecule is Cn1cc(S(=O)(=O)N2CCCC2)cc1C(=O)NC1CCC(O)CC1. The van der Waals surface area contributed by atoms with E-state index in [1.165, 1.54) is 16.6 Å². The Morgan fingerprint density at radius 3 is 2.46 bits per heavy atom. The van der Waals surface area contributed by atoms with E-state index >= 15 is 0 Å². The van der Waals surface area contributed by atoms with Crippen molar-refractivity contribution in [3.05, 3.63) is 18.0 Å². The third-order valence-electron chi connectivity index (χ3n) is 4.95. The molecule has 1 aromatic heterocycles. The van der Waals surface area contributed by atoms with Crippen LogP contribution in [0.25, 0.3) is 0 Å². The van der Waals surface area contributed by atoms with E-state index in [4.69, 9.17) is 0 Å². The summed E-state index contributed by atoms with van der Waals surface area (Å²) in [7, 11) is -1.83. The first-order chi connectivity index (χ1) is 11.4. The third-order valence-corrected chi connectivity index (χ3v) is 6.81. The zero-order valence-electron chi connectivity index (χ0n) is 13.9. The minimum absolute atomic E-state index is 0.0365. The largest absolute Gasteiger partial charge is 0.393 e. The molecule has 0 spiro atoms. The number of hydrogen-bond acceptors (Lipinski definition) is 4. The number of carbonyl (C=O) groups is 1. The average Bonchev–Trinajstić information content (AvgIpc) is 3.19. The van der Waals surface area contributed by atoms with Gasteiger partial charge in [0, 0.05) is 32.4 Å². The van der Waals surface area contributed by atoms with Gasteiger partial charge < -0.3 is 15.0 Å². The highest BCUT2D eigenvalue weighted by Crippen LogP contribution is 2.23. The van der Waals surface area contributed by atoms with E-state index in [1.807, 2.05) is 0 Å². The lowest BCUT2D eigenvalue weighted by Crippen LogP contribution is -2.39. The van der Waals surface area contributed by atoms with Gasteiger partial charge in [-0.25, -0.2) is 8.42 Å². The van der Waals surface area contributed by atoms with Gasteiger partial charge in [-0.2, -0.15) is 4.31 Å². The van der Waals surface area contributed by atoms with Crippen LogP contribution >= 0.6 is 0 Å². The van der Waals surface area contributed by atoms with Gasteiger partial charge in [-0.1, -0.05) is 0 Å². The van der Waals surface area contributed by atoms with E-state index in [9.17, 15) is 18.3 Å². The standard InChI is InChI=1S/C16H25N3O4S/c1-18-11-14(24(22,23)19-8-2-3-9-19)10-15(18)16(21)17-12-4-6-13(20)7-5-12/h10-13,20H,2-9H2,1H3,(H,17,21). The van der Waals surface area contributed by atoms with Gasteiger partial charge in [0.05, 0.1) is 6.10 Å². The van der Waals surface area contributed by atoms with Crippen molar-refractivity contribution in [1.29, 1.82) is 0 Å². The molecule has 2 aliphatic rings. The molecule has 1 saturated carbocycles. The smallest absolute Gasteiger partial charge is 0.268 e. The van der Waals surface area contributed by atoms with Crippen LogP contribution in [0.15, 0.2) is 17.2 Å². The first-order valence-corrected chi connectivity index (χ1v) is 9.97. The lowest BCUT2D eigenvalue weighted by molar-refractivity contribution is 0.0860. The van der Waals surface area contributed by atoms with Gasteiger partial charge in [-0.15, -0.1) is 0 Å². The average molecular weight is 355 g/mol. The molecular weight excluding hydrogens is 330 g/mol. The summed E-state index contributed by atoms with van der Waals surface area (Å²) in [6.45, 7) is 1.09. The first kappa shape index (κ1) is 17.4. The lowest BCUT2D eigenvalue weighted by atomic mass is 9.93. The molecule has 2 fully saturated rings. The molecule has 7 nitrogen and oxygen atoms in total. The molecule has 1 saturated heterocycles. The molecular formula is C16H25N3O4S. The number of hydrogen-bond donors (Lipinski definition) is 2. The van der Waals surface area contributed by atoms with E-state index in [0.717, 1.165) is 25.7 Å². The summed E-state index contributed by atoms with van der Waals surface area (Å²) in [5.41, 5.74) is 0.346. The molecule has 134 valence electrons. The van der Waals surface area contributed by atoms with Crippen molar-refractivity contribution in [2.24, 2.45) is 7.05 Å². The number of carbonyl (C=O) groups excluding carboxylic acids is 1. The van der Waals surface area contributed by atoms with Gasteiger partial charge in [0.25, 0.3) is 5.91 Å². The number of sulfonamides is 1. The van der Waals surface area contributed by atoms with E-state index in [0.29, 0.717) is 31.6 Å². The molecule has 0 unspecified atom stereocenters. The lowest BCUT2D eigenvalue weighted by Gasteiger charge is -2.26. The molecule has 0 bridgehead atoms. The number of aliphatic hydroxyl groups excluding tert-OH is 1. The topological polar surface area (TPSA) is 91.6 Å². The zero-order chi connectivity index (χ0) is 17.3. The van der Waals surface area contributed by atoms with Crippen molar-refractivity contribution in [1.82, 2.24) is 14.2 Å². The van der Waals surface area contributed by atoms with Crippen LogP contribution in [0.3, 0.4) is 0 Å². The Balaban J connectivity index is 1.72. The second-order valence-electron chi connectivity index (χ2n) is 6.76. The summed E-state index contributed by atoms with van der Waals surface area (Å²) in [6.07, 6.45) is 5.87. The van der Waals surface area contributed by atoms with Crippen LogP contribution in [-0.2, 0) is 17.1 Å². The van der Waals surface area contributed by atoms with Gasteiger partial charge in [0.2, 0.25) is 10.0 Å². The van der Waals surface area contributed by atoms with E-state index in [-0.39, 0.29) is 22.9 Å². The second-order valence-corrected chi connectivity index (χ2v) is 8.70. The molecule has 0 aromatic carbocycles. The Kier molecular flexibility index (Phi) is 4.98. The van der Waals surface area contributed by atoms with Crippen molar-refractivity contribution in [3.8, 4) is 0 Å². The fraction of sp³-hybridized carbons (Fsp3) is 0.688. The Morgan fingerprint density at radius 2 is 1.83 bits per heavy atom. The first-order valence-electron chi connectivity index (χ1n) is 8.53. The van der Waals surface area contributed by atoms with Crippen molar-refractivity contribution >= 4 is 15.9 Å². The number of nitrogens with one attached hydrogen (secondary N) is 1. The van der Waals surface area contributed by atoms with Crippen LogP contribution < -0.4 is 5.32 Å². The van der Waals surface area contributed by atoms with Crippen LogP contribution in [0.2, 0.25) is 0 Å². The quantitative estimate of drug-likeness (QED) is 0.837. The zero-order valence-corrected chi connectivity index (χ0v) is 14.8. The normalized spacial score (nSPS) is 25.8. The molecule has 1 aromatic rings. The number of aliphatic hydroxyl groups is 1. The van der Waals surface area contributed by atoms with Crippen LogP contribution in [0.4, 0.5) is 0 Å². The summed E-state index contributed by atoms with van der Waals surface area (Å²) in [4.78, 5) is 12.7. The van der Waals surface area contributed by atoms with E-state index in [2.05, 4.69) is 5.32 Å². The van der Waals surface area contributed by atoms with Gasteiger partial charge in [-0.3, -0.25) is 4.79 Å². The van der Waals surface area contributed by atoms with Crippen molar-refractivity contribution < 1.29 is 18.3 Å². The highest BCUT2D eigenvalue weighted by atomic mass is 32.2. The Morgan fingerprint density at radius 1 is 1.21 bits per heavy atom. The molecule has 24 heavy (non-hydrogen) atoms. The molecule has 2 heterocycles. The minimum atomic E-state index is -3.51. The molecule has 2 N–H and O–H groups in total. The Bertz CT molecular complexity index is 699. The summed E-state index contributed by atoms with van der Waals surface area (Å²) in [5, 5.41) is 12.5. The summed E-state index contributed by atoms with van der Waals surface area (Å²) in [6, 6.07) is 1.50. The van der Waals surface area contributed by atoms with E-state index < -0.39 is 10.0 Å². The predicted octanol–water partition coefficient (Wildman–Crippen LogP) is 0.843. The fourth-order valence-electron chi connectivity index (χ4n) is 3.46.